The number of nitrogens with zero attached hydrogens (tertiary/aromatic N) is 1. The smallest absolute Gasteiger partial charge is 0.234 e. The summed E-state index contributed by atoms with van der Waals surface area (Å²) in [4.78, 5) is 14.3. The Bertz CT molecular complexity index is 487. The maximum atomic E-state index is 12.2. The molecule has 2 aliphatic rings. The molecule has 120 valence electrons. The minimum Gasteiger partial charge on any atom is -0.391 e. The molecule has 2 N–H and O–H groups in total. The van der Waals surface area contributed by atoms with Crippen molar-refractivity contribution in [2.75, 3.05) is 13.1 Å². The predicted molar refractivity (Wildman–Crippen MR) is 86.5 cm³/mol. The summed E-state index contributed by atoms with van der Waals surface area (Å²) in [6.07, 6.45) is 5.71. The summed E-state index contributed by atoms with van der Waals surface area (Å²) in [6.45, 7) is 1.30. The van der Waals surface area contributed by atoms with E-state index in [-0.39, 0.29) is 18.1 Å². The van der Waals surface area contributed by atoms with Gasteiger partial charge in [0, 0.05) is 12.1 Å². The number of carbonyl (C=O) groups is 1. The van der Waals surface area contributed by atoms with Gasteiger partial charge < -0.3 is 10.4 Å². The molecule has 4 nitrogen and oxygen atoms in total. The minimum absolute atomic E-state index is 0.0447. The molecule has 0 aromatic heterocycles. The number of aliphatic hydroxyl groups excluding tert-OH is 1. The first-order chi connectivity index (χ1) is 10.7. The van der Waals surface area contributed by atoms with Crippen LogP contribution in [0.5, 0.6) is 0 Å². The van der Waals surface area contributed by atoms with Crippen molar-refractivity contribution in [1.29, 1.82) is 0 Å². The summed E-state index contributed by atoms with van der Waals surface area (Å²) in [7, 11) is 0. The van der Waals surface area contributed by atoms with E-state index in [1.165, 1.54) is 12.0 Å². The third kappa shape index (κ3) is 3.87. The molecule has 1 aliphatic carbocycles. The standard InChI is InChI=1S/C18H26N2O2/c21-17-10-5-11-20(13-18(22)19-15-8-4-9-15)16(17)12-14-6-2-1-3-7-14/h1-3,6-7,15-17,21H,4-5,8-13H2,(H,19,22)/t16-,17-/m0/s1. The normalized spacial score (nSPS) is 26.4. The molecule has 1 heterocycles. The molecule has 1 saturated heterocycles. The molecule has 4 heteroatoms. The van der Waals surface area contributed by atoms with Gasteiger partial charge in [0.15, 0.2) is 0 Å². The van der Waals surface area contributed by atoms with E-state index >= 15 is 0 Å². The highest BCUT2D eigenvalue weighted by atomic mass is 16.3. The number of piperidine rings is 1. The van der Waals surface area contributed by atoms with Crippen LogP contribution in [0.25, 0.3) is 0 Å². The van der Waals surface area contributed by atoms with Crippen molar-refractivity contribution in [3.63, 3.8) is 0 Å². The molecule has 22 heavy (non-hydrogen) atoms. The van der Waals surface area contributed by atoms with Crippen LogP contribution in [0.1, 0.15) is 37.7 Å². The monoisotopic (exact) mass is 302 g/mol. The summed E-state index contributed by atoms with van der Waals surface area (Å²) in [5.41, 5.74) is 1.22. The van der Waals surface area contributed by atoms with Gasteiger partial charge in [0.05, 0.1) is 12.6 Å². The van der Waals surface area contributed by atoms with Gasteiger partial charge in [-0.2, -0.15) is 0 Å². The number of nitrogens with one attached hydrogen (secondary N) is 1. The highest BCUT2D eigenvalue weighted by Crippen LogP contribution is 2.22. The first-order valence-corrected chi connectivity index (χ1v) is 8.48. The summed E-state index contributed by atoms with van der Waals surface area (Å²) in [5.74, 6) is 0.108. The zero-order chi connectivity index (χ0) is 15.4. The molecular weight excluding hydrogens is 276 g/mol. The first-order valence-electron chi connectivity index (χ1n) is 8.48. The Balaban J connectivity index is 1.60. The number of likely N-dealkylation sites (tertiary alicyclic amines) is 1. The fraction of sp³-hybridized carbons (Fsp3) is 0.611. The van der Waals surface area contributed by atoms with E-state index in [2.05, 4.69) is 22.3 Å². The highest BCUT2D eigenvalue weighted by molar-refractivity contribution is 5.78. The molecule has 1 aromatic rings. The maximum absolute atomic E-state index is 12.2. The minimum atomic E-state index is -0.342. The van der Waals surface area contributed by atoms with Gasteiger partial charge in [0.25, 0.3) is 0 Å². The molecule has 0 bridgehead atoms. The van der Waals surface area contributed by atoms with Crippen LogP contribution in [0, 0.1) is 0 Å². The topological polar surface area (TPSA) is 52.6 Å². The lowest BCUT2D eigenvalue weighted by Crippen LogP contribution is -2.54. The third-order valence-electron chi connectivity index (χ3n) is 4.96. The Hall–Kier alpha value is -1.39. The summed E-state index contributed by atoms with van der Waals surface area (Å²) in [5, 5.41) is 13.5. The van der Waals surface area contributed by atoms with Gasteiger partial charge >= 0.3 is 0 Å². The molecule has 2 fully saturated rings. The van der Waals surface area contributed by atoms with Gasteiger partial charge in [-0.1, -0.05) is 30.3 Å². The van der Waals surface area contributed by atoms with Crippen LogP contribution in [-0.2, 0) is 11.2 Å². The molecule has 1 amide bonds. The molecule has 2 atom stereocenters. The van der Waals surface area contributed by atoms with Gasteiger partial charge in [-0.25, -0.2) is 0 Å². The van der Waals surface area contributed by atoms with Crippen LogP contribution >= 0.6 is 0 Å². The Morgan fingerprint density at radius 1 is 1.18 bits per heavy atom. The van der Waals surface area contributed by atoms with Crippen LogP contribution in [0.2, 0.25) is 0 Å². The van der Waals surface area contributed by atoms with E-state index in [4.69, 9.17) is 0 Å². The number of carbonyl (C=O) groups excluding carboxylic acids is 1. The Morgan fingerprint density at radius 3 is 2.64 bits per heavy atom. The maximum Gasteiger partial charge on any atom is 0.234 e. The number of hydrogen-bond acceptors (Lipinski definition) is 3. The van der Waals surface area contributed by atoms with Crippen molar-refractivity contribution in [2.45, 2.75) is 56.7 Å². The average molecular weight is 302 g/mol. The molecule has 0 radical (unpaired) electrons. The quantitative estimate of drug-likeness (QED) is 0.871. The summed E-state index contributed by atoms with van der Waals surface area (Å²) in [6, 6.07) is 10.7. The van der Waals surface area contributed by atoms with Crippen molar-refractivity contribution >= 4 is 5.91 Å². The van der Waals surface area contributed by atoms with Crippen LogP contribution in [0.15, 0.2) is 30.3 Å². The lowest BCUT2D eigenvalue weighted by atomic mass is 9.92. The second-order valence-corrected chi connectivity index (χ2v) is 6.63. The lowest BCUT2D eigenvalue weighted by molar-refractivity contribution is -0.125. The molecule has 1 aromatic carbocycles. The zero-order valence-electron chi connectivity index (χ0n) is 13.1. The fourth-order valence-electron chi connectivity index (χ4n) is 3.43. The second kappa shape index (κ2) is 7.25. The second-order valence-electron chi connectivity index (χ2n) is 6.63. The zero-order valence-corrected chi connectivity index (χ0v) is 13.1. The van der Waals surface area contributed by atoms with Gasteiger partial charge in [-0.3, -0.25) is 9.69 Å². The fourth-order valence-corrected chi connectivity index (χ4v) is 3.43. The van der Waals surface area contributed by atoms with Gasteiger partial charge in [-0.15, -0.1) is 0 Å². The summed E-state index contributed by atoms with van der Waals surface area (Å²) >= 11 is 0. The van der Waals surface area contributed by atoms with E-state index < -0.39 is 0 Å². The average Bonchev–Trinajstić information content (AvgIpc) is 2.48. The molecular formula is C18H26N2O2. The molecule has 0 spiro atoms. The van der Waals surface area contributed by atoms with E-state index in [1.807, 2.05) is 18.2 Å². The van der Waals surface area contributed by atoms with Crippen LogP contribution in [0.3, 0.4) is 0 Å². The van der Waals surface area contributed by atoms with Crippen molar-refractivity contribution in [3.05, 3.63) is 35.9 Å². The van der Waals surface area contributed by atoms with Gasteiger partial charge in [0.1, 0.15) is 0 Å². The Labute approximate surface area is 132 Å². The number of aliphatic hydroxyl groups is 1. The van der Waals surface area contributed by atoms with Gasteiger partial charge in [0.2, 0.25) is 5.91 Å². The SMILES string of the molecule is O=C(CN1CCC[C@H](O)[C@@H]1Cc1ccccc1)NC1CCC1. The first kappa shape index (κ1) is 15.5. The Morgan fingerprint density at radius 2 is 1.95 bits per heavy atom. The molecule has 3 rings (SSSR count). The van der Waals surface area contributed by atoms with Crippen LogP contribution < -0.4 is 5.32 Å². The van der Waals surface area contributed by atoms with Crippen LogP contribution in [0.4, 0.5) is 0 Å². The van der Waals surface area contributed by atoms with Gasteiger partial charge in [-0.05, 0) is 50.6 Å². The molecule has 0 unspecified atom stereocenters. The Kier molecular flexibility index (Phi) is 5.11. The van der Waals surface area contributed by atoms with Crippen molar-refractivity contribution in [2.24, 2.45) is 0 Å². The third-order valence-corrected chi connectivity index (χ3v) is 4.96. The van der Waals surface area contributed by atoms with E-state index in [1.54, 1.807) is 0 Å². The molecule has 1 aliphatic heterocycles. The van der Waals surface area contributed by atoms with E-state index in [0.29, 0.717) is 12.6 Å². The van der Waals surface area contributed by atoms with Crippen molar-refractivity contribution < 1.29 is 9.90 Å². The number of rotatable bonds is 5. The predicted octanol–water partition coefficient (Wildman–Crippen LogP) is 1.72. The van der Waals surface area contributed by atoms with Crippen molar-refractivity contribution in [1.82, 2.24) is 10.2 Å². The van der Waals surface area contributed by atoms with E-state index in [0.717, 1.165) is 38.6 Å². The lowest BCUT2D eigenvalue weighted by Gasteiger charge is -2.39. The van der Waals surface area contributed by atoms with E-state index in [9.17, 15) is 9.90 Å². The number of benzene rings is 1. The highest BCUT2D eigenvalue weighted by Gasteiger charge is 2.31. The summed E-state index contributed by atoms with van der Waals surface area (Å²) < 4.78 is 0. The van der Waals surface area contributed by atoms with Crippen LogP contribution in [-0.4, -0.2) is 47.2 Å². The largest absolute Gasteiger partial charge is 0.391 e. The van der Waals surface area contributed by atoms with Crippen molar-refractivity contribution in [3.8, 4) is 0 Å². The number of amides is 1. The molecule has 1 saturated carbocycles. The number of hydrogen-bond donors (Lipinski definition) is 2.